The van der Waals surface area contributed by atoms with Crippen molar-refractivity contribution in [1.29, 1.82) is 0 Å². The fourth-order valence-electron chi connectivity index (χ4n) is 2.18. The molecule has 0 aromatic heterocycles. The van der Waals surface area contributed by atoms with Gasteiger partial charge in [-0.25, -0.2) is 4.39 Å². The Bertz CT molecular complexity index is 402. The highest BCUT2D eigenvalue weighted by Crippen LogP contribution is 2.36. The van der Waals surface area contributed by atoms with Gasteiger partial charge in [0.25, 0.3) is 0 Å². The molecular formula is C11H14BrClFNO. The highest BCUT2D eigenvalue weighted by molar-refractivity contribution is 9.10. The van der Waals surface area contributed by atoms with E-state index in [-0.39, 0.29) is 24.8 Å². The molecule has 1 aliphatic carbocycles. The van der Waals surface area contributed by atoms with E-state index in [0.29, 0.717) is 22.9 Å². The quantitative estimate of drug-likeness (QED) is 0.837. The van der Waals surface area contributed by atoms with E-state index in [1.165, 1.54) is 0 Å². The molecule has 3 N–H and O–H groups in total. The van der Waals surface area contributed by atoms with Crippen LogP contribution in [0.25, 0.3) is 0 Å². The number of halogens is 3. The van der Waals surface area contributed by atoms with Gasteiger partial charge in [0.05, 0.1) is 16.6 Å². The van der Waals surface area contributed by atoms with E-state index in [1.807, 2.05) is 0 Å². The first-order valence-electron chi connectivity index (χ1n) is 4.95. The first-order valence-corrected chi connectivity index (χ1v) is 5.75. The van der Waals surface area contributed by atoms with Crippen LogP contribution < -0.4 is 5.73 Å². The van der Waals surface area contributed by atoms with Crippen molar-refractivity contribution in [1.82, 2.24) is 0 Å². The molecule has 0 bridgehead atoms. The largest absolute Gasteiger partial charge is 0.394 e. The first-order chi connectivity index (χ1) is 7.08. The van der Waals surface area contributed by atoms with Gasteiger partial charge < -0.3 is 10.8 Å². The molecule has 0 fully saturated rings. The second kappa shape index (κ2) is 5.00. The summed E-state index contributed by atoms with van der Waals surface area (Å²) in [4.78, 5) is 0. The number of benzene rings is 1. The average Bonchev–Trinajstić information content (AvgIpc) is 2.24. The Morgan fingerprint density at radius 1 is 1.50 bits per heavy atom. The lowest BCUT2D eigenvalue weighted by molar-refractivity contribution is 0.178. The van der Waals surface area contributed by atoms with E-state index in [4.69, 9.17) is 5.73 Å². The second-order valence-electron chi connectivity index (χ2n) is 4.06. The number of aliphatic hydroxyl groups excluding tert-OH is 1. The number of rotatable bonds is 1. The van der Waals surface area contributed by atoms with Crippen molar-refractivity contribution in [2.75, 3.05) is 6.61 Å². The molecule has 1 atom stereocenters. The van der Waals surface area contributed by atoms with E-state index in [9.17, 15) is 9.50 Å². The van der Waals surface area contributed by atoms with E-state index in [0.717, 1.165) is 12.0 Å². The smallest absolute Gasteiger partial charge is 0.140 e. The van der Waals surface area contributed by atoms with Gasteiger partial charge in [-0.15, -0.1) is 12.4 Å². The second-order valence-corrected chi connectivity index (χ2v) is 4.91. The predicted molar refractivity (Wildman–Crippen MR) is 67.2 cm³/mol. The van der Waals surface area contributed by atoms with Crippen molar-refractivity contribution in [3.63, 3.8) is 0 Å². The van der Waals surface area contributed by atoms with Gasteiger partial charge in [0.15, 0.2) is 0 Å². The number of aliphatic hydroxyl groups is 1. The normalized spacial score (nSPS) is 23.5. The minimum absolute atomic E-state index is 0. The van der Waals surface area contributed by atoms with Gasteiger partial charge in [0.2, 0.25) is 0 Å². The van der Waals surface area contributed by atoms with E-state index in [2.05, 4.69) is 15.9 Å². The highest BCUT2D eigenvalue weighted by Gasteiger charge is 2.33. The molecule has 1 aliphatic rings. The van der Waals surface area contributed by atoms with Gasteiger partial charge in [-0.2, -0.15) is 0 Å². The molecule has 0 heterocycles. The van der Waals surface area contributed by atoms with Gasteiger partial charge in [-0.05, 0) is 52.4 Å². The molecule has 2 rings (SSSR count). The van der Waals surface area contributed by atoms with Crippen LogP contribution in [-0.2, 0) is 12.0 Å². The van der Waals surface area contributed by atoms with Crippen LogP contribution in [0.2, 0.25) is 0 Å². The maximum absolute atomic E-state index is 13.8. The maximum Gasteiger partial charge on any atom is 0.140 e. The summed E-state index contributed by atoms with van der Waals surface area (Å²) in [6.07, 6.45) is 2.22. The zero-order chi connectivity index (χ0) is 11.1. The van der Waals surface area contributed by atoms with E-state index in [1.54, 1.807) is 12.1 Å². The monoisotopic (exact) mass is 309 g/mol. The van der Waals surface area contributed by atoms with Crippen LogP contribution in [-0.4, -0.2) is 11.7 Å². The van der Waals surface area contributed by atoms with Crippen molar-refractivity contribution >= 4 is 28.3 Å². The molecule has 5 heteroatoms. The third-order valence-electron chi connectivity index (χ3n) is 3.06. The zero-order valence-electron chi connectivity index (χ0n) is 8.67. The topological polar surface area (TPSA) is 46.2 Å². The Hall–Kier alpha value is -0.160. The summed E-state index contributed by atoms with van der Waals surface area (Å²) < 4.78 is 14.2. The summed E-state index contributed by atoms with van der Waals surface area (Å²) in [5.41, 5.74) is 6.68. The molecule has 0 spiro atoms. The van der Waals surface area contributed by atoms with Crippen LogP contribution in [0, 0.1) is 5.82 Å². The molecule has 1 aromatic rings. The van der Waals surface area contributed by atoms with Crippen LogP contribution in [0.4, 0.5) is 4.39 Å². The fourth-order valence-corrected chi connectivity index (χ4v) is 2.55. The van der Waals surface area contributed by atoms with E-state index < -0.39 is 5.54 Å². The van der Waals surface area contributed by atoms with Crippen LogP contribution in [0.5, 0.6) is 0 Å². The summed E-state index contributed by atoms with van der Waals surface area (Å²) in [7, 11) is 0. The summed E-state index contributed by atoms with van der Waals surface area (Å²) in [6.45, 7) is -0.138. The Balaban J connectivity index is 0.00000128. The van der Waals surface area contributed by atoms with Crippen LogP contribution in [0.1, 0.15) is 24.0 Å². The number of hydrogen-bond acceptors (Lipinski definition) is 2. The van der Waals surface area contributed by atoms with Crippen molar-refractivity contribution in [2.24, 2.45) is 5.73 Å². The first kappa shape index (κ1) is 13.9. The zero-order valence-corrected chi connectivity index (χ0v) is 11.1. The maximum atomic E-state index is 13.8. The van der Waals surface area contributed by atoms with Gasteiger partial charge in [0, 0.05) is 0 Å². The number of nitrogens with two attached hydrogens (primary N) is 1. The Kier molecular flexibility index (Phi) is 4.35. The molecule has 2 nitrogen and oxygen atoms in total. The minimum atomic E-state index is -0.769. The third-order valence-corrected chi connectivity index (χ3v) is 3.68. The standard InChI is InChI=1S/C11H13BrFNO.ClH/c12-9-4-3-8-7(10(9)13)2-1-5-11(8,14)6-15;/h3-4,15H,1-2,5-6,14H2;1H/t11-;/m1./s1. The minimum Gasteiger partial charge on any atom is -0.394 e. The lowest BCUT2D eigenvalue weighted by Gasteiger charge is -2.34. The predicted octanol–water partition coefficient (Wildman–Crippen LogP) is 2.49. The lowest BCUT2D eigenvalue weighted by Crippen LogP contribution is -2.43. The molecule has 0 radical (unpaired) electrons. The molecule has 0 saturated carbocycles. The average molecular weight is 311 g/mol. The molecule has 1 aromatic carbocycles. The van der Waals surface area contributed by atoms with Gasteiger partial charge in [0.1, 0.15) is 5.82 Å². The summed E-state index contributed by atoms with van der Waals surface area (Å²) in [5.74, 6) is -0.240. The van der Waals surface area contributed by atoms with E-state index >= 15 is 0 Å². The van der Waals surface area contributed by atoms with Crippen molar-refractivity contribution in [3.05, 3.63) is 33.5 Å². The van der Waals surface area contributed by atoms with Gasteiger partial charge in [-0.1, -0.05) is 6.07 Å². The summed E-state index contributed by atoms with van der Waals surface area (Å²) in [5, 5.41) is 9.30. The van der Waals surface area contributed by atoms with Crippen molar-refractivity contribution < 1.29 is 9.50 Å². The fraction of sp³-hybridized carbons (Fsp3) is 0.455. The van der Waals surface area contributed by atoms with Crippen LogP contribution in [0.15, 0.2) is 16.6 Å². The molecular weight excluding hydrogens is 296 g/mol. The van der Waals surface area contributed by atoms with Gasteiger partial charge >= 0.3 is 0 Å². The lowest BCUT2D eigenvalue weighted by atomic mass is 9.77. The van der Waals surface area contributed by atoms with Gasteiger partial charge in [-0.3, -0.25) is 0 Å². The molecule has 0 saturated heterocycles. The summed E-state index contributed by atoms with van der Waals surface area (Å²) >= 11 is 3.16. The molecule has 90 valence electrons. The Labute approximate surface area is 109 Å². The summed E-state index contributed by atoms with van der Waals surface area (Å²) in [6, 6.07) is 3.45. The van der Waals surface area contributed by atoms with Crippen molar-refractivity contribution in [3.8, 4) is 0 Å². The highest BCUT2D eigenvalue weighted by atomic mass is 79.9. The third kappa shape index (κ3) is 2.12. The molecule has 16 heavy (non-hydrogen) atoms. The molecule has 0 amide bonds. The number of fused-ring (bicyclic) bond motifs is 1. The van der Waals surface area contributed by atoms with Crippen LogP contribution >= 0.6 is 28.3 Å². The van der Waals surface area contributed by atoms with Crippen LogP contribution in [0.3, 0.4) is 0 Å². The van der Waals surface area contributed by atoms with Crippen molar-refractivity contribution in [2.45, 2.75) is 24.8 Å². The Morgan fingerprint density at radius 3 is 2.81 bits per heavy atom. The molecule has 0 unspecified atom stereocenters. The number of hydrogen-bond donors (Lipinski definition) is 2. The molecule has 0 aliphatic heterocycles. The SMILES string of the molecule is Cl.N[C@@]1(CO)CCCc2c1ccc(Br)c2F. The Morgan fingerprint density at radius 2 is 2.19 bits per heavy atom.